The molecule has 1 aliphatic rings. The minimum absolute atomic E-state index is 0. The Hall–Kier alpha value is -0.838. The Morgan fingerprint density at radius 2 is 2.21 bits per heavy atom. The van der Waals surface area contributed by atoms with E-state index in [1.807, 2.05) is 32.0 Å². The molecule has 134 valence electrons. The molecule has 0 aliphatic carbocycles. The van der Waals surface area contributed by atoms with Gasteiger partial charge in [-0.05, 0) is 70.9 Å². The Bertz CT molecular complexity index is 646. The minimum Gasteiger partial charge on any atom is -0.485 e. The number of amidine groups is 1. The quantitative estimate of drug-likeness (QED) is 0.445. The Labute approximate surface area is 164 Å². The molecule has 0 spiro atoms. The summed E-state index contributed by atoms with van der Waals surface area (Å²) >= 11 is 0. The van der Waals surface area contributed by atoms with Crippen LogP contribution in [-0.2, 0) is 30.1 Å². The van der Waals surface area contributed by atoms with Crippen LogP contribution >= 0.6 is 21.7 Å². The number of benzene rings is 1. The van der Waals surface area contributed by atoms with E-state index < -0.39 is 0 Å². The van der Waals surface area contributed by atoms with Gasteiger partial charge in [-0.15, -0.1) is 0 Å². The van der Waals surface area contributed by atoms with Gasteiger partial charge >= 0.3 is 0 Å². The fourth-order valence-electron chi connectivity index (χ4n) is 2.28. The van der Waals surface area contributed by atoms with Crippen LogP contribution in [0.2, 0.25) is 0 Å². The molecule has 0 atom stereocenters. The van der Waals surface area contributed by atoms with E-state index in [-0.39, 0.29) is 38.6 Å². The van der Waals surface area contributed by atoms with Crippen LogP contribution in [0, 0.1) is 0 Å². The largest absolute Gasteiger partial charge is 0.485 e. The summed E-state index contributed by atoms with van der Waals surface area (Å²) in [7, 11) is 6.87. The van der Waals surface area contributed by atoms with Crippen LogP contribution in [0.3, 0.4) is 0 Å². The van der Waals surface area contributed by atoms with Crippen molar-refractivity contribution in [3.63, 3.8) is 0 Å². The van der Waals surface area contributed by atoms with Crippen LogP contribution in [0.4, 0.5) is 5.69 Å². The second kappa shape index (κ2) is 10.2. The number of nitrogens with one attached hydrogen (secondary N) is 1. The van der Waals surface area contributed by atoms with Gasteiger partial charge in [-0.1, -0.05) is 18.8 Å². The van der Waals surface area contributed by atoms with Crippen molar-refractivity contribution in [3.8, 4) is 0 Å². The van der Waals surface area contributed by atoms with E-state index in [4.69, 9.17) is 21.3 Å². The summed E-state index contributed by atoms with van der Waals surface area (Å²) in [6.45, 7) is 4.77. The zero-order chi connectivity index (χ0) is 16.8. The Kier molecular flexibility index (Phi) is 9.03. The van der Waals surface area contributed by atoms with Gasteiger partial charge in [0, 0.05) is 37.4 Å². The van der Waals surface area contributed by atoms with E-state index >= 15 is 0 Å². The van der Waals surface area contributed by atoms with E-state index in [1.165, 1.54) is 5.06 Å². The molecule has 5 nitrogen and oxygen atoms in total. The van der Waals surface area contributed by atoms with Gasteiger partial charge in [0.15, 0.2) is 0 Å². The third-order valence-corrected chi connectivity index (χ3v) is 4.21. The van der Waals surface area contributed by atoms with Gasteiger partial charge in [0.05, 0.1) is 6.61 Å². The molecule has 8 heteroatoms. The number of hydrogen-bond acceptors (Lipinski definition) is 4. The van der Waals surface area contributed by atoms with Crippen LogP contribution in [0.15, 0.2) is 33.7 Å². The van der Waals surface area contributed by atoms with Crippen molar-refractivity contribution in [1.29, 1.82) is 0 Å². The first-order valence-electron chi connectivity index (χ1n) is 7.46. The number of rotatable bonds is 6. The number of nitrogens with zero attached hydrogens (tertiary/aromatic N) is 2. The predicted molar refractivity (Wildman–Crippen MR) is 95.8 cm³/mol. The van der Waals surface area contributed by atoms with Crippen molar-refractivity contribution in [3.05, 3.63) is 35.1 Å². The van der Waals surface area contributed by atoms with E-state index in [0.717, 1.165) is 27.9 Å². The second-order valence-electron chi connectivity index (χ2n) is 5.03. The van der Waals surface area contributed by atoms with Crippen LogP contribution in [0.1, 0.15) is 32.3 Å². The van der Waals surface area contributed by atoms with Crippen LogP contribution < -0.4 is 0 Å². The summed E-state index contributed by atoms with van der Waals surface area (Å²) in [5, 5.41) is 1.37. The molecule has 24 heavy (non-hydrogen) atoms. The normalized spacial score (nSPS) is 13.1. The first-order valence-corrected chi connectivity index (χ1v) is 9.10. The first kappa shape index (κ1) is 21.2. The predicted octanol–water partition coefficient (Wildman–Crippen LogP) is 4.99. The molecule has 0 bridgehead atoms. The Morgan fingerprint density at radius 3 is 2.83 bits per heavy atom. The standard InChI is InChI=1S/C16H20ClN3O2S.Pd/c1-3-7-20(22-4-2)16(21)12-8-11-5-6-13(23-17)10-14(11)19-15(18)9-12;/h5-6,8,10H,3-4,7,9H2,1-2H3,(H2,18,19,21);/p-1. The maximum atomic E-state index is 12.7. The number of hydroxylamine groups is 2. The van der Waals surface area contributed by atoms with Gasteiger partial charge in [0.1, 0.15) is 0 Å². The summed E-state index contributed by atoms with van der Waals surface area (Å²) in [6.07, 6.45) is 2.77. The van der Waals surface area contributed by atoms with Gasteiger partial charge in [0.2, 0.25) is 0 Å². The van der Waals surface area contributed by atoms with Gasteiger partial charge in [0.25, 0.3) is 5.91 Å². The number of amides is 1. The summed E-state index contributed by atoms with van der Waals surface area (Å²) < 4.78 is 0. The zero-order valence-electron chi connectivity index (χ0n) is 13.5. The molecule has 0 fully saturated rings. The van der Waals surface area contributed by atoms with E-state index in [2.05, 4.69) is 4.99 Å². The third kappa shape index (κ3) is 5.33. The molecule has 1 N–H and O–H groups in total. The molecule has 1 aliphatic heterocycles. The molecular weight excluding hydrogens is 440 g/mol. The van der Waals surface area contributed by atoms with Crippen LogP contribution in [0.5, 0.6) is 0 Å². The van der Waals surface area contributed by atoms with Gasteiger partial charge in [-0.3, -0.25) is 9.63 Å². The summed E-state index contributed by atoms with van der Waals surface area (Å²) in [4.78, 5) is 23.2. The molecule has 2 rings (SSSR count). The molecule has 0 saturated heterocycles. The molecule has 0 unspecified atom stereocenters. The van der Waals surface area contributed by atoms with Crippen molar-refractivity contribution >= 4 is 45.2 Å². The van der Waals surface area contributed by atoms with Crippen molar-refractivity contribution in [2.75, 3.05) is 13.2 Å². The maximum Gasteiger partial charge on any atom is 0.273 e. The molecular formula is C16H19ClN3O2PdS-. The average Bonchev–Trinajstić information content (AvgIpc) is 2.71. The van der Waals surface area contributed by atoms with Gasteiger partial charge in [-0.2, -0.15) is 0 Å². The van der Waals surface area contributed by atoms with Crippen LogP contribution in [0.25, 0.3) is 11.8 Å². The number of halogens is 1. The molecule has 1 aromatic carbocycles. The maximum absolute atomic E-state index is 12.7. The molecule has 1 heterocycles. The monoisotopic (exact) mass is 458 g/mol. The number of aliphatic imine (C=N–C) groups is 1. The van der Waals surface area contributed by atoms with Gasteiger partial charge < -0.3 is 10.7 Å². The summed E-state index contributed by atoms with van der Waals surface area (Å²) in [5.74, 6) is -0.0645. The molecule has 0 saturated carbocycles. The average molecular weight is 459 g/mol. The molecule has 0 aromatic heterocycles. The SMILES string of the molecule is CCCN(OCC)C(=O)C1=Cc2ccc(SCl)cc2N=C([NH-])C1.[Pd]. The summed E-state index contributed by atoms with van der Waals surface area (Å²) in [5.41, 5.74) is 9.96. The first-order chi connectivity index (χ1) is 11.1. The summed E-state index contributed by atoms with van der Waals surface area (Å²) in [6, 6.07) is 5.55. The smallest absolute Gasteiger partial charge is 0.273 e. The van der Waals surface area contributed by atoms with E-state index in [1.54, 1.807) is 6.08 Å². The minimum atomic E-state index is -0.211. The van der Waals surface area contributed by atoms with Crippen molar-refractivity contribution < 1.29 is 30.1 Å². The van der Waals surface area contributed by atoms with E-state index in [0.29, 0.717) is 24.4 Å². The molecule has 1 amide bonds. The number of fused-ring (bicyclic) bond motifs is 1. The number of carbonyl (C=O) groups is 1. The second-order valence-corrected chi connectivity index (χ2v) is 6.12. The third-order valence-electron chi connectivity index (χ3n) is 3.25. The van der Waals surface area contributed by atoms with Gasteiger partial charge in [-0.25, -0.2) is 5.06 Å². The molecule has 0 radical (unpaired) electrons. The fourth-order valence-corrected chi connectivity index (χ4v) is 2.84. The Morgan fingerprint density at radius 1 is 1.46 bits per heavy atom. The van der Waals surface area contributed by atoms with Crippen molar-refractivity contribution in [1.82, 2.24) is 5.06 Å². The number of hydrogen-bond donors (Lipinski definition) is 0. The molecule has 1 aromatic rings. The fraction of sp³-hybridized carbons (Fsp3) is 0.375. The van der Waals surface area contributed by atoms with Crippen molar-refractivity contribution in [2.24, 2.45) is 4.99 Å². The topological polar surface area (TPSA) is 65.7 Å². The van der Waals surface area contributed by atoms with E-state index in [9.17, 15) is 4.79 Å². The number of carbonyl (C=O) groups excluding carboxylic acids is 1. The zero-order valence-corrected chi connectivity index (χ0v) is 16.6. The Balaban J connectivity index is 0.00000288. The van der Waals surface area contributed by atoms with Crippen LogP contribution in [-0.4, -0.2) is 30.0 Å². The van der Waals surface area contributed by atoms with Crippen molar-refractivity contribution in [2.45, 2.75) is 31.6 Å².